The van der Waals surface area contributed by atoms with Crippen molar-refractivity contribution in [1.29, 1.82) is 0 Å². The molecule has 1 aromatic rings. The van der Waals surface area contributed by atoms with Gasteiger partial charge in [-0.15, -0.1) is 0 Å². The number of anilines is 1. The Bertz CT molecular complexity index is 460. The van der Waals surface area contributed by atoms with Gasteiger partial charge in [0.2, 0.25) is 0 Å². The van der Waals surface area contributed by atoms with Crippen LogP contribution in [0.25, 0.3) is 0 Å². The largest absolute Gasteiger partial charge is 0.389 e. The molecule has 1 heterocycles. The number of nitrogens with two attached hydrogens (primary N) is 1. The monoisotopic (exact) mass is 279 g/mol. The Morgan fingerprint density at radius 3 is 2.89 bits per heavy atom. The zero-order valence-electron chi connectivity index (χ0n) is 11.6. The molecule has 2 N–H and O–H groups in total. The molecule has 0 aliphatic heterocycles. The van der Waals surface area contributed by atoms with Crippen LogP contribution in [0.15, 0.2) is 12.1 Å². The zero-order chi connectivity index (χ0) is 13.8. The predicted molar refractivity (Wildman–Crippen MR) is 81.7 cm³/mol. The van der Waals surface area contributed by atoms with E-state index in [2.05, 4.69) is 4.98 Å². The molecule has 1 saturated carbocycles. The molecule has 2 rings (SSSR count). The third kappa shape index (κ3) is 4.14. The van der Waals surface area contributed by atoms with Crippen molar-refractivity contribution in [3.05, 3.63) is 23.4 Å². The minimum absolute atomic E-state index is 0.383. The summed E-state index contributed by atoms with van der Waals surface area (Å²) < 4.78 is 5.65. The summed E-state index contributed by atoms with van der Waals surface area (Å²) in [4.78, 5) is 6.96. The molecular weight excluding hydrogens is 258 g/mol. The predicted octanol–water partition coefficient (Wildman–Crippen LogP) is 1.89. The second-order valence-corrected chi connectivity index (χ2v) is 5.57. The standard InChI is InChI=1S/C14H21N3OS/c1-10-3-6-12(13(15)19)14(16-10)17(2)7-8-18-9-11-4-5-11/h3,6,11H,4-5,7-9H2,1-2H3,(H2,15,19). The Labute approximate surface area is 120 Å². The van der Waals surface area contributed by atoms with Gasteiger partial charge in [0, 0.05) is 25.9 Å². The van der Waals surface area contributed by atoms with E-state index >= 15 is 0 Å². The number of thiocarbonyl (C=S) groups is 1. The average molecular weight is 279 g/mol. The molecule has 1 aliphatic rings. The molecule has 0 spiro atoms. The fourth-order valence-corrected chi connectivity index (χ4v) is 2.03. The molecule has 1 aliphatic carbocycles. The number of hydrogen-bond donors (Lipinski definition) is 1. The first-order valence-corrected chi connectivity index (χ1v) is 7.05. The quantitative estimate of drug-likeness (QED) is 0.610. The number of ether oxygens (including phenoxy) is 1. The van der Waals surface area contributed by atoms with Crippen LogP contribution in [0, 0.1) is 12.8 Å². The molecule has 0 unspecified atom stereocenters. The van der Waals surface area contributed by atoms with Gasteiger partial charge in [-0.3, -0.25) is 0 Å². The summed E-state index contributed by atoms with van der Waals surface area (Å²) in [5.74, 6) is 1.64. The molecule has 0 amide bonds. The lowest BCUT2D eigenvalue weighted by molar-refractivity contribution is 0.131. The van der Waals surface area contributed by atoms with Gasteiger partial charge in [-0.05, 0) is 37.8 Å². The van der Waals surface area contributed by atoms with E-state index in [4.69, 9.17) is 22.7 Å². The number of aryl methyl sites for hydroxylation is 1. The van der Waals surface area contributed by atoms with Gasteiger partial charge in [-0.2, -0.15) is 0 Å². The maximum atomic E-state index is 5.74. The molecule has 0 radical (unpaired) electrons. The van der Waals surface area contributed by atoms with Gasteiger partial charge in [0.1, 0.15) is 10.8 Å². The lowest BCUT2D eigenvalue weighted by Crippen LogP contribution is -2.27. The van der Waals surface area contributed by atoms with Crippen LogP contribution in [0.5, 0.6) is 0 Å². The van der Waals surface area contributed by atoms with Gasteiger partial charge in [0.05, 0.1) is 12.2 Å². The average Bonchev–Trinajstić information content (AvgIpc) is 3.18. The van der Waals surface area contributed by atoms with Gasteiger partial charge < -0.3 is 15.4 Å². The summed E-state index contributed by atoms with van der Waals surface area (Å²) in [6, 6.07) is 3.86. The highest BCUT2D eigenvalue weighted by atomic mass is 32.1. The van der Waals surface area contributed by atoms with Crippen molar-refractivity contribution in [3.8, 4) is 0 Å². The van der Waals surface area contributed by atoms with Crippen LogP contribution < -0.4 is 10.6 Å². The third-order valence-electron chi connectivity index (χ3n) is 3.26. The van der Waals surface area contributed by atoms with Crippen LogP contribution in [0.2, 0.25) is 0 Å². The second kappa shape index (κ2) is 6.30. The molecule has 0 bridgehead atoms. The molecule has 1 fully saturated rings. The molecule has 104 valence electrons. The minimum Gasteiger partial charge on any atom is -0.389 e. The maximum Gasteiger partial charge on any atom is 0.138 e. The Balaban J connectivity index is 1.93. The molecular formula is C14H21N3OS. The fourth-order valence-electron chi connectivity index (χ4n) is 1.87. The molecule has 1 aromatic heterocycles. The van der Waals surface area contributed by atoms with E-state index in [0.29, 0.717) is 11.6 Å². The Kier molecular flexibility index (Phi) is 4.71. The van der Waals surface area contributed by atoms with Crippen molar-refractivity contribution in [3.63, 3.8) is 0 Å². The van der Waals surface area contributed by atoms with E-state index in [1.165, 1.54) is 12.8 Å². The van der Waals surface area contributed by atoms with E-state index in [0.717, 1.165) is 36.1 Å². The number of nitrogens with zero attached hydrogens (tertiary/aromatic N) is 2. The van der Waals surface area contributed by atoms with Crippen LogP contribution in [0.4, 0.5) is 5.82 Å². The molecule has 5 heteroatoms. The van der Waals surface area contributed by atoms with Crippen LogP contribution in [-0.2, 0) is 4.74 Å². The van der Waals surface area contributed by atoms with E-state index in [1.54, 1.807) is 0 Å². The van der Waals surface area contributed by atoms with Crippen LogP contribution >= 0.6 is 12.2 Å². The van der Waals surface area contributed by atoms with Gasteiger partial charge in [-0.25, -0.2) is 4.98 Å². The molecule has 0 aromatic carbocycles. The highest BCUT2D eigenvalue weighted by Gasteiger charge is 2.21. The smallest absolute Gasteiger partial charge is 0.138 e. The van der Waals surface area contributed by atoms with Gasteiger partial charge in [-0.1, -0.05) is 12.2 Å². The summed E-state index contributed by atoms with van der Waals surface area (Å²) in [6.45, 7) is 4.35. The first-order chi connectivity index (χ1) is 9.08. The lowest BCUT2D eigenvalue weighted by atomic mass is 10.2. The SMILES string of the molecule is Cc1ccc(C(N)=S)c(N(C)CCOCC2CC2)n1. The van der Waals surface area contributed by atoms with Crippen molar-refractivity contribution in [2.75, 3.05) is 31.7 Å². The van der Waals surface area contributed by atoms with E-state index in [9.17, 15) is 0 Å². The topological polar surface area (TPSA) is 51.4 Å². The summed E-state index contributed by atoms with van der Waals surface area (Å²) in [6.07, 6.45) is 2.64. The number of aromatic nitrogens is 1. The summed E-state index contributed by atoms with van der Waals surface area (Å²) >= 11 is 5.07. The Hall–Kier alpha value is -1.20. The minimum atomic E-state index is 0.383. The number of hydrogen-bond acceptors (Lipinski definition) is 4. The number of rotatable bonds is 7. The van der Waals surface area contributed by atoms with E-state index in [1.807, 2.05) is 31.0 Å². The van der Waals surface area contributed by atoms with Crippen LogP contribution in [0.1, 0.15) is 24.1 Å². The van der Waals surface area contributed by atoms with Crippen molar-refractivity contribution < 1.29 is 4.74 Å². The van der Waals surface area contributed by atoms with Crippen LogP contribution in [0.3, 0.4) is 0 Å². The third-order valence-corrected chi connectivity index (χ3v) is 3.48. The number of pyridine rings is 1. The van der Waals surface area contributed by atoms with Crippen molar-refractivity contribution >= 4 is 23.0 Å². The lowest BCUT2D eigenvalue weighted by Gasteiger charge is -2.21. The summed E-state index contributed by atoms with van der Waals surface area (Å²) in [5, 5.41) is 0. The van der Waals surface area contributed by atoms with Crippen LogP contribution in [-0.4, -0.2) is 36.8 Å². The summed E-state index contributed by atoms with van der Waals surface area (Å²) in [5.41, 5.74) is 7.52. The van der Waals surface area contributed by atoms with Gasteiger partial charge in [0.15, 0.2) is 0 Å². The first-order valence-electron chi connectivity index (χ1n) is 6.64. The first kappa shape index (κ1) is 14.2. The fraction of sp³-hybridized carbons (Fsp3) is 0.571. The highest BCUT2D eigenvalue weighted by molar-refractivity contribution is 7.80. The molecule has 0 atom stereocenters. The molecule has 19 heavy (non-hydrogen) atoms. The second-order valence-electron chi connectivity index (χ2n) is 5.13. The Morgan fingerprint density at radius 2 is 2.26 bits per heavy atom. The highest BCUT2D eigenvalue weighted by Crippen LogP contribution is 2.28. The van der Waals surface area contributed by atoms with E-state index < -0.39 is 0 Å². The number of likely N-dealkylation sites (N-methyl/N-ethyl adjacent to an activating group) is 1. The normalized spacial score (nSPS) is 14.4. The van der Waals surface area contributed by atoms with Gasteiger partial charge in [0.25, 0.3) is 0 Å². The van der Waals surface area contributed by atoms with Crippen molar-refractivity contribution in [1.82, 2.24) is 4.98 Å². The van der Waals surface area contributed by atoms with E-state index in [-0.39, 0.29) is 0 Å². The molecule has 4 nitrogen and oxygen atoms in total. The molecule has 0 saturated heterocycles. The van der Waals surface area contributed by atoms with Crippen molar-refractivity contribution in [2.24, 2.45) is 11.7 Å². The van der Waals surface area contributed by atoms with Crippen molar-refractivity contribution in [2.45, 2.75) is 19.8 Å². The summed E-state index contributed by atoms with van der Waals surface area (Å²) in [7, 11) is 1.99. The van der Waals surface area contributed by atoms with Gasteiger partial charge >= 0.3 is 0 Å². The maximum absolute atomic E-state index is 5.74. The zero-order valence-corrected chi connectivity index (χ0v) is 12.4. The Morgan fingerprint density at radius 1 is 1.53 bits per heavy atom.